The maximum Gasteiger partial charge on any atom is 0.317 e. The number of anilines is 1. The third-order valence-electron chi connectivity index (χ3n) is 5.48. The first-order chi connectivity index (χ1) is 14.0. The van der Waals surface area contributed by atoms with Gasteiger partial charge < -0.3 is 15.5 Å². The maximum absolute atomic E-state index is 12.6. The molecule has 0 fully saturated rings. The summed E-state index contributed by atoms with van der Waals surface area (Å²) in [5.41, 5.74) is 2.29. The monoisotopic (exact) mass is 391 g/mol. The molecule has 5 nitrogen and oxygen atoms in total. The van der Waals surface area contributed by atoms with Gasteiger partial charge in [0.1, 0.15) is 0 Å². The largest absolute Gasteiger partial charge is 0.338 e. The molecule has 2 aromatic rings. The third-order valence-corrected chi connectivity index (χ3v) is 5.48. The smallest absolute Gasteiger partial charge is 0.317 e. The first-order valence-corrected chi connectivity index (χ1v) is 10.2. The molecule has 0 heterocycles. The van der Waals surface area contributed by atoms with Crippen molar-refractivity contribution in [3.8, 4) is 0 Å². The second-order valence-corrected chi connectivity index (χ2v) is 7.57. The van der Waals surface area contributed by atoms with E-state index in [1.54, 1.807) is 24.1 Å². The van der Waals surface area contributed by atoms with Crippen molar-refractivity contribution in [2.45, 2.75) is 32.2 Å². The number of nitrogens with one attached hydrogen (secondary N) is 2. The van der Waals surface area contributed by atoms with Gasteiger partial charge in [-0.05, 0) is 61.9 Å². The summed E-state index contributed by atoms with van der Waals surface area (Å²) in [7, 11) is 1.80. The summed E-state index contributed by atoms with van der Waals surface area (Å²) in [6.45, 7) is 2.69. The number of carbonyl (C=O) groups excluding carboxylic acids is 2. The summed E-state index contributed by atoms with van der Waals surface area (Å²) < 4.78 is 0. The summed E-state index contributed by atoms with van der Waals surface area (Å²) >= 11 is 0. The Hall–Kier alpha value is -3.08. The van der Waals surface area contributed by atoms with E-state index >= 15 is 0 Å². The van der Waals surface area contributed by atoms with Gasteiger partial charge in [0.25, 0.3) is 5.91 Å². The molecule has 0 spiro atoms. The molecule has 3 amide bonds. The van der Waals surface area contributed by atoms with Crippen LogP contribution in [0.4, 0.5) is 10.5 Å². The standard InChI is InChI=1S/C24H29N3O2/c1-18(27(2)24(29)25-17-19-10-5-3-6-11-19)21-14-9-15-22(16-21)26-23(28)20-12-7-4-8-13-20/h3-5,7-9,12-16,18-19H,6,10-11,17H2,1-2H3,(H,25,29)(H,26,28)/t18-,19-/m1/s1. The van der Waals surface area contributed by atoms with Gasteiger partial charge in [-0.2, -0.15) is 0 Å². The number of amides is 3. The number of urea groups is 1. The molecule has 1 aliphatic rings. The van der Waals surface area contributed by atoms with Gasteiger partial charge in [-0.15, -0.1) is 0 Å². The lowest BCUT2D eigenvalue weighted by Gasteiger charge is -2.27. The van der Waals surface area contributed by atoms with Crippen LogP contribution in [0.1, 0.15) is 48.1 Å². The van der Waals surface area contributed by atoms with E-state index in [1.165, 1.54) is 0 Å². The molecular weight excluding hydrogens is 362 g/mol. The first-order valence-electron chi connectivity index (χ1n) is 10.2. The topological polar surface area (TPSA) is 61.4 Å². The van der Waals surface area contributed by atoms with Crippen molar-refractivity contribution in [1.29, 1.82) is 0 Å². The minimum atomic E-state index is -0.150. The van der Waals surface area contributed by atoms with Crippen LogP contribution in [0.25, 0.3) is 0 Å². The molecule has 0 aliphatic heterocycles. The van der Waals surface area contributed by atoms with Crippen LogP contribution in [0, 0.1) is 5.92 Å². The SMILES string of the molecule is C[C@H](c1cccc(NC(=O)c2ccccc2)c1)N(C)C(=O)NC[C@@H]1CC=CCC1. The van der Waals surface area contributed by atoms with E-state index in [9.17, 15) is 9.59 Å². The molecule has 2 atom stereocenters. The first kappa shape index (κ1) is 20.6. The number of benzene rings is 2. The highest BCUT2D eigenvalue weighted by Gasteiger charge is 2.19. The Labute approximate surface area is 172 Å². The zero-order valence-corrected chi connectivity index (χ0v) is 17.1. The molecule has 0 radical (unpaired) electrons. The van der Waals surface area contributed by atoms with Crippen molar-refractivity contribution < 1.29 is 9.59 Å². The fourth-order valence-electron chi connectivity index (χ4n) is 3.47. The van der Waals surface area contributed by atoms with Crippen LogP contribution in [0.5, 0.6) is 0 Å². The highest BCUT2D eigenvalue weighted by atomic mass is 16.2. The summed E-state index contributed by atoms with van der Waals surface area (Å²) in [6, 6.07) is 16.6. The predicted molar refractivity (Wildman–Crippen MR) is 117 cm³/mol. The highest BCUT2D eigenvalue weighted by molar-refractivity contribution is 6.04. The summed E-state index contributed by atoms with van der Waals surface area (Å²) in [5, 5.41) is 5.98. The van der Waals surface area contributed by atoms with Crippen molar-refractivity contribution in [2.75, 3.05) is 18.9 Å². The number of carbonyl (C=O) groups is 2. The minimum absolute atomic E-state index is 0.0780. The Kier molecular flexibility index (Phi) is 7.06. The molecule has 5 heteroatoms. The molecule has 0 bridgehead atoms. The summed E-state index contributed by atoms with van der Waals surface area (Å²) in [4.78, 5) is 26.7. The van der Waals surface area contributed by atoms with Crippen LogP contribution in [-0.2, 0) is 0 Å². The van der Waals surface area contributed by atoms with Crippen molar-refractivity contribution >= 4 is 17.6 Å². The van der Waals surface area contributed by atoms with Crippen molar-refractivity contribution in [3.05, 3.63) is 77.9 Å². The van der Waals surface area contributed by atoms with E-state index in [1.807, 2.05) is 49.4 Å². The van der Waals surface area contributed by atoms with Gasteiger partial charge >= 0.3 is 6.03 Å². The number of hydrogen-bond acceptors (Lipinski definition) is 2. The molecule has 2 aromatic carbocycles. The third kappa shape index (κ3) is 5.70. The Morgan fingerprint density at radius 2 is 1.90 bits per heavy atom. The van der Waals surface area contributed by atoms with Gasteiger partial charge in [0, 0.05) is 24.8 Å². The molecule has 152 valence electrons. The van der Waals surface area contributed by atoms with Crippen LogP contribution < -0.4 is 10.6 Å². The Morgan fingerprint density at radius 1 is 1.10 bits per heavy atom. The molecule has 0 aromatic heterocycles. The molecule has 1 aliphatic carbocycles. The second kappa shape index (κ2) is 9.92. The quantitative estimate of drug-likeness (QED) is 0.681. The van der Waals surface area contributed by atoms with E-state index < -0.39 is 0 Å². The Bertz CT molecular complexity index is 863. The van der Waals surface area contributed by atoms with Crippen LogP contribution in [0.2, 0.25) is 0 Å². The normalized spacial score (nSPS) is 16.7. The van der Waals surface area contributed by atoms with E-state index in [-0.39, 0.29) is 18.0 Å². The zero-order valence-electron chi connectivity index (χ0n) is 17.1. The highest BCUT2D eigenvalue weighted by Crippen LogP contribution is 2.23. The van der Waals surface area contributed by atoms with Crippen molar-refractivity contribution in [2.24, 2.45) is 5.92 Å². The van der Waals surface area contributed by atoms with E-state index in [4.69, 9.17) is 0 Å². The van der Waals surface area contributed by atoms with Crippen molar-refractivity contribution in [3.63, 3.8) is 0 Å². The van der Waals surface area contributed by atoms with Gasteiger partial charge in [0.05, 0.1) is 6.04 Å². The zero-order chi connectivity index (χ0) is 20.6. The second-order valence-electron chi connectivity index (χ2n) is 7.57. The van der Waals surface area contributed by atoms with Gasteiger partial charge in [-0.1, -0.05) is 42.5 Å². The lowest BCUT2D eigenvalue weighted by Crippen LogP contribution is -2.41. The molecule has 3 rings (SSSR count). The summed E-state index contributed by atoms with van der Waals surface area (Å²) in [5.74, 6) is 0.368. The molecule has 2 N–H and O–H groups in total. The predicted octanol–water partition coefficient (Wildman–Crippen LogP) is 5.00. The summed E-state index contributed by atoms with van der Waals surface area (Å²) in [6.07, 6.45) is 7.65. The molecular formula is C24H29N3O2. The molecule has 0 saturated carbocycles. The van der Waals surface area contributed by atoms with Crippen LogP contribution >= 0.6 is 0 Å². The lowest BCUT2D eigenvalue weighted by molar-refractivity contribution is 0.102. The van der Waals surface area contributed by atoms with Gasteiger partial charge in [-0.25, -0.2) is 4.79 Å². The van der Waals surface area contributed by atoms with Crippen LogP contribution in [-0.4, -0.2) is 30.4 Å². The molecule has 29 heavy (non-hydrogen) atoms. The van der Waals surface area contributed by atoms with E-state index in [0.29, 0.717) is 23.7 Å². The average Bonchev–Trinajstić information content (AvgIpc) is 2.78. The Balaban J connectivity index is 1.59. The fourth-order valence-corrected chi connectivity index (χ4v) is 3.47. The van der Waals surface area contributed by atoms with Crippen LogP contribution in [0.15, 0.2) is 66.7 Å². The number of nitrogens with zero attached hydrogens (tertiary/aromatic N) is 1. The van der Waals surface area contributed by atoms with Gasteiger partial charge in [0.2, 0.25) is 0 Å². The number of rotatable bonds is 6. The average molecular weight is 392 g/mol. The van der Waals surface area contributed by atoms with E-state index in [0.717, 1.165) is 24.8 Å². The Morgan fingerprint density at radius 3 is 2.62 bits per heavy atom. The molecule has 0 unspecified atom stereocenters. The number of allylic oxidation sites excluding steroid dienone is 2. The molecule has 0 saturated heterocycles. The van der Waals surface area contributed by atoms with Crippen molar-refractivity contribution in [1.82, 2.24) is 10.2 Å². The van der Waals surface area contributed by atoms with E-state index in [2.05, 4.69) is 22.8 Å². The van der Waals surface area contributed by atoms with Crippen LogP contribution in [0.3, 0.4) is 0 Å². The fraction of sp³-hybridized carbons (Fsp3) is 0.333. The number of hydrogen-bond donors (Lipinski definition) is 2. The van der Waals surface area contributed by atoms with Gasteiger partial charge in [-0.3, -0.25) is 4.79 Å². The van der Waals surface area contributed by atoms with Gasteiger partial charge in [0.15, 0.2) is 0 Å². The maximum atomic E-state index is 12.6. The minimum Gasteiger partial charge on any atom is -0.338 e. The lowest BCUT2D eigenvalue weighted by atomic mass is 9.94.